The molecule has 2 aromatic rings. The van der Waals surface area contributed by atoms with E-state index in [1.54, 1.807) is 11.6 Å². The highest BCUT2D eigenvalue weighted by Gasteiger charge is 2.25. The third-order valence-corrected chi connectivity index (χ3v) is 8.22. The molecule has 8 nitrogen and oxygen atoms in total. The summed E-state index contributed by atoms with van der Waals surface area (Å²) in [6.45, 7) is 5.13. The number of sulfonamides is 2. The van der Waals surface area contributed by atoms with Gasteiger partial charge in [0.15, 0.2) is 0 Å². The molecule has 1 N–H and O–H groups in total. The maximum Gasteiger partial charge on any atom is 0.265 e. The molecule has 0 radical (unpaired) electrons. The molecular weight excluding hydrogens is 400 g/mol. The van der Waals surface area contributed by atoms with Gasteiger partial charge in [-0.3, -0.25) is 9.40 Å². The van der Waals surface area contributed by atoms with Crippen LogP contribution in [-0.2, 0) is 26.6 Å². The quantitative estimate of drug-likeness (QED) is 0.765. The van der Waals surface area contributed by atoms with E-state index >= 15 is 0 Å². The van der Waals surface area contributed by atoms with Crippen molar-refractivity contribution in [1.82, 2.24) is 14.1 Å². The van der Waals surface area contributed by atoms with Crippen LogP contribution < -0.4 is 4.72 Å². The largest absolute Gasteiger partial charge is 0.280 e. The minimum atomic E-state index is -3.80. The zero-order chi connectivity index (χ0) is 20.4. The average Bonchev–Trinajstić information content (AvgIpc) is 2.86. The van der Waals surface area contributed by atoms with Crippen molar-refractivity contribution in [2.75, 3.05) is 17.8 Å². The zero-order valence-corrected chi connectivity index (χ0v) is 17.8. The predicted molar refractivity (Wildman–Crippen MR) is 107 cm³/mol. The van der Waals surface area contributed by atoms with Gasteiger partial charge < -0.3 is 0 Å². The van der Waals surface area contributed by atoms with E-state index in [1.165, 1.54) is 34.8 Å². The summed E-state index contributed by atoms with van der Waals surface area (Å²) in [5, 5.41) is 4.16. The van der Waals surface area contributed by atoms with E-state index in [9.17, 15) is 16.8 Å². The molecule has 1 aliphatic rings. The highest BCUT2D eigenvalue weighted by Crippen LogP contribution is 2.23. The molecule has 1 saturated heterocycles. The predicted octanol–water partition coefficient (Wildman–Crippen LogP) is 2.58. The summed E-state index contributed by atoms with van der Waals surface area (Å²) in [4.78, 5) is 0.281. The molecule has 0 amide bonds. The van der Waals surface area contributed by atoms with Crippen molar-refractivity contribution in [3.8, 4) is 0 Å². The van der Waals surface area contributed by atoms with Crippen molar-refractivity contribution in [3.63, 3.8) is 0 Å². The summed E-state index contributed by atoms with van der Waals surface area (Å²) in [5.74, 6) is 0. The Morgan fingerprint density at radius 3 is 2.14 bits per heavy atom. The van der Waals surface area contributed by atoms with Crippen LogP contribution in [0.15, 0.2) is 40.3 Å². The molecule has 0 atom stereocenters. The average molecular weight is 427 g/mol. The van der Waals surface area contributed by atoms with E-state index in [4.69, 9.17) is 0 Å². The molecule has 2 heterocycles. The van der Waals surface area contributed by atoms with Crippen LogP contribution in [0.5, 0.6) is 0 Å². The van der Waals surface area contributed by atoms with Crippen molar-refractivity contribution < 1.29 is 16.8 Å². The van der Waals surface area contributed by atoms with Gasteiger partial charge in [0.25, 0.3) is 10.0 Å². The van der Waals surface area contributed by atoms with Gasteiger partial charge in [-0.25, -0.2) is 16.8 Å². The Labute approximate surface area is 166 Å². The zero-order valence-electron chi connectivity index (χ0n) is 16.1. The topological polar surface area (TPSA) is 101 Å². The Morgan fingerprint density at radius 1 is 1.00 bits per heavy atom. The molecule has 1 aliphatic heterocycles. The Bertz CT molecular complexity index is 1020. The first-order valence-corrected chi connectivity index (χ1v) is 12.3. The second-order valence-corrected chi connectivity index (χ2v) is 10.5. The molecule has 0 bridgehead atoms. The number of benzene rings is 1. The number of aromatic nitrogens is 2. The first kappa shape index (κ1) is 20.8. The standard InChI is InChI=1S/C18H26N4O4S2/c1-3-21-14-18(15(2)19-21)27(23,24)20-16-8-10-17(11-9-16)28(25,26)22-12-6-4-5-7-13-22/h8-11,14,20H,3-7,12-13H2,1-2H3. The van der Waals surface area contributed by atoms with E-state index in [-0.39, 0.29) is 9.79 Å². The van der Waals surface area contributed by atoms with Gasteiger partial charge in [-0.2, -0.15) is 9.40 Å². The van der Waals surface area contributed by atoms with Crippen LogP contribution in [0, 0.1) is 6.92 Å². The number of hydrogen-bond acceptors (Lipinski definition) is 5. The molecule has 0 saturated carbocycles. The second kappa shape index (κ2) is 8.22. The van der Waals surface area contributed by atoms with Crippen molar-refractivity contribution in [2.24, 2.45) is 0 Å². The highest BCUT2D eigenvalue weighted by atomic mass is 32.2. The number of aryl methyl sites for hydroxylation is 2. The molecule has 1 fully saturated rings. The number of nitrogens with zero attached hydrogens (tertiary/aromatic N) is 3. The van der Waals surface area contributed by atoms with Crippen LogP contribution in [0.2, 0.25) is 0 Å². The molecule has 0 aliphatic carbocycles. The second-order valence-electron chi connectivity index (χ2n) is 6.88. The van der Waals surface area contributed by atoms with Gasteiger partial charge in [-0.05, 0) is 51.0 Å². The van der Waals surface area contributed by atoms with E-state index < -0.39 is 20.0 Å². The fraction of sp³-hybridized carbons (Fsp3) is 0.500. The van der Waals surface area contributed by atoms with Crippen LogP contribution in [0.25, 0.3) is 0 Å². The normalized spacial score (nSPS) is 16.6. The van der Waals surface area contributed by atoms with Gasteiger partial charge in [0.05, 0.1) is 10.6 Å². The molecule has 1 aromatic heterocycles. The lowest BCUT2D eigenvalue weighted by Gasteiger charge is -2.20. The van der Waals surface area contributed by atoms with Crippen LogP contribution in [0.4, 0.5) is 5.69 Å². The molecule has 28 heavy (non-hydrogen) atoms. The Hall–Kier alpha value is -1.91. The van der Waals surface area contributed by atoms with E-state index in [0.717, 1.165) is 25.7 Å². The Morgan fingerprint density at radius 2 is 1.61 bits per heavy atom. The van der Waals surface area contributed by atoms with Crippen LogP contribution >= 0.6 is 0 Å². The summed E-state index contributed by atoms with van der Waals surface area (Å²) in [6, 6.07) is 5.84. The van der Waals surface area contributed by atoms with E-state index in [2.05, 4.69) is 9.82 Å². The molecule has 3 rings (SSSR count). The number of nitrogens with one attached hydrogen (secondary N) is 1. The highest BCUT2D eigenvalue weighted by molar-refractivity contribution is 7.92. The summed E-state index contributed by atoms with van der Waals surface area (Å²) < 4.78 is 56.4. The van der Waals surface area contributed by atoms with Gasteiger partial charge >= 0.3 is 0 Å². The molecule has 1 aromatic carbocycles. The summed E-state index contributed by atoms with van der Waals surface area (Å²) in [6.07, 6.45) is 5.29. The minimum absolute atomic E-state index is 0.107. The number of anilines is 1. The van der Waals surface area contributed by atoms with Gasteiger partial charge in [0.2, 0.25) is 10.0 Å². The number of hydrogen-bond donors (Lipinski definition) is 1. The maximum absolute atomic E-state index is 12.8. The van der Waals surface area contributed by atoms with Crippen LogP contribution in [0.3, 0.4) is 0 Å². The van der Waals surface area contributed by atoms with Gasteiger partial charge in [-0.15, -0.1) is 0 Å². The third-order valence-electron chi connectivity index (χ3n) is 4.82. The minimum Gasteiger partial charge on any atom is -0.280 e. The van der Waals surface area contributed by atoms with Crippen molar-refractivity contribution in [2.45, 2.75) is 55.9 Å². The molecule has 0 unspecified atom stereocenters. The summed E-state index contributed by atoms with van der Waals surface area (Å²) in [7, 11) is -7.36. The van der Waals surface area contributed by atoms with Gasteiger partial charge in [0, 0.05) is 31.5 Å². The van der Waals surface area contributed by atoms with Gasteiger partial charge in [0.1, 0.15) is 4.90 Å². The Kier molecular flexibility index (Phi) is 6.11. The molecule has 154 valence electrons. The monoisotopic (exact) mass is 426 g/mol. The smallest absolute Gasteiger partial charge is 0.265 e. The third kappa shape index (κ3) is 4.39. The van der Waals surface area contributed by atoms with Gasteiger partial charge in [-0.1, -0.05) is 12.8 Å². The van der Waals surface area contributed by atoms with Crippen molar-refractivity contribution >= 4 is 25.7 Å². The lowest BCUT2D eigenvalue weighted by molar-refractivity contribution is 0.424. The van der Waals surface area contributed by atoms with Crippen molar-refractivity contribution in [1.29, 1.82) is 0 Å². The van der Waals surface area contributed by atoms with Crippen LogP contribution in [-0.4, -0.2) is 44.0 Å². The fourth-order valence-corrected chi connectivity index (χ4v) is 6.03. The fourth-order valence-electron chi connectivity index (χ4n) is 3.26. The van der Waals surface area contributed by atoms with Crippen molar-refractivity contribution in [3.05, 3.63) is 36.2 Å². The first-order valence-electron chi connectivity index (χ1n) is 9.41. The molecule has 10 heteroatoms. The van der Waals surface area contributed by atoms with E-state index in [0.29, 0.717) is 31.0 Å². The Balaban J connectivity index is 1.79. The summed E-state index contributed by atoms with van der Waals surface area (Å²) >= 11 is 0. The number of rotatable bonds is 6. The lowest BCUT2D eigenvalue weighted by atomic mass is 10.2. The molecular formula is C18H26N4O4S2. The SMILES string of the molecule is CCn1cc(S(=O)(=O)Nc2ccc(S(=O)(=O)N3CCCCCC3)cc2)c(C)n1. The molecule has 0 spiro atoms. The first-order chi connectivity index (χ1) is 13.2. The lowest BCUT2D eigenvalue weighted by Crippen LogP contribution is -2.31. The van der Waals surface area contributed by atoms with Crippen LogP contribution in [0.1, 0.15) is 38.3 Å². The van der Waals surface area contributed by atoms with E-state index in [1.807, 2.05) is 6.92 Å². The maximum atomic E-state index is 12.8. The summed E-state index contributed by atoms with van der Waals surface area (Å²) in [5.41, 5.74) is 0.716.